The maximum Gasteiger partial charge on any atom is 0.290 e. The van der Waals surface area contributed by atoms with Gasteiger partial charge < -0.3 is 19.0 Å². The Morgan fingerprint density at radius 3 is 2.41 bits per heavy atom. The van der Waals surface area contributed by atoms with Gasteiger partial charge in [-0.3, -0.25) is 9.59 Å². The molecule has 0 N–H and O–H groups in total. The van der Waals surface area contributed by atoms with Gasteiger partial charge in [-0.25, -0.2) is 0 Å². The summed E-state index contributed by atoms with van der Waals surface area (Å²) in [6, 6.07) is 18.2. The Kier molecular flexibility index (Phi) is 6.80. The minimum absolute atomic E-state index is 0.128. The first kappa shape index (κ1) is 25.1. The minimum Gasteiger partial charge on any atom is -0.489 e. The van der Waals surface area contributed by atoms with Crippen LogP contribution in [0, 0.1) is 13.8 Å². The van der Waals surface area contributed by atoms with Crippen molar-refractivity contribution < 1.29 is 13.9 Å². The number of hydrogen-bond donors (Lipinski definition) is 0. The topological polar surface area (TPSA) is 63.0 Å². The Morgan fingerprint density at radius 1 is 1.00 bits per heavy atom. The molecule has 5 rings (SSSR count). The number of halogens is 1. The monoisotopic (exact) mass is 516 g/mol. The number of carbonyl (C=O) groups excluding carboxylic acids is 1. The first-order chi connectivity index (χ1) is 17.7. The smallest absolute Gasteiger partial charge is 0.290 e. The summed E-state index contributed by atoms with van der Waals surface area (Å²) in [5.41, 5.74) is 4.41. The van der Waals surface area contributed by atoms with Crippen LogP contribution < -0.4 is 10.2 Å². The van der Waals surface area contributed by atoms with Crippen molar-refractivity contribution in [1.29, 1.82) is 0 Å². The Hall–Kier alpha value is -3.61. The van der Waals surface area contributed by atoms with Crippen LogP contribution in [0.2, 0.25) is 5.02 Å². The number of nitrogens with zero attached hydrogens (tertiary/aromatic N) is 2. The second-order valence-electron chi connectivity index (χ2n) is 9.76. The number of rotatable bonds is 7. The maximum absolute atomic E-state index is 13.8. The zero-order valence-electron chi connectivity index (χ0n) is 21.4. The van der Waals surface area contributed by atoms with E-state index in [1.807, 2.05) is 93.5 Å². The van der Waals surface area contributed by atoms with Gasteiger partial charge in [0.05, 0.1) is 17.0 Å². The van der Waals surface area contributed by atoms with Gasteiger partial charge in [-0.15, -0.1) is 0 Å². The molecule has 1 amide bonds. The fourth-order valence-electron chi connectivity index (χ4n) is 4.68. The Morgan fingerprint density at radius 2 is 1.70 bits per heavy atom. The van der Waals surface area contributed by atoms with Gasteiger partial charge in [0.1, 0.15) is 17.9 Å². The molecule has 0 saturated heterocycles. The summed E-state index contributed by atoms with van der Waals surface area (Å²) >= 11 is 6.25. The number of fused-ring (bicyclic) bond motifs is 2. The van der Waals surface area contributed by atoms with Crippen LogP contribution in [0.4, 0.5) is 0 Å². The lowest BCUT2D eigenvalue weighted by Crippen LogP contribution is -2.35. The highest BCUT2D eigenvalue weighted by Crippen LogP contribution is 2.38. The SMILES string of the molecule is Cc1cc2oc3c(c(=O)c2cc1C)C(c1ccc(OCc2ccccc2Cl)cc1)N(CCN(C)C)C3=O. The van der Waals surface area contributed by atoms with Crippen LogP contribution in [0.25, 0.3) is 11.0 Å². The minimum atomic E-state index is -0.540. The van der Waals surface area contributed by atoms with Crippen LogP contribution in [-0.2, 0) is 6.61 Å². The molecule has 3 aromatic carbocycles. The summed E-state index contributed by atoms with van der Waals surface area (Å²) in [5, 5.41) is 1.15. The van der Waals surface area contributed by atoms with Crippen molar-refractivity contribution >= 4 is 28.5 Å². The molecule has 0 aliphatic carbocycles. The van der Waals surface area contributed by atoms with E-state index in [-0.39, 0.29) is 17.1 Å². The van der Waals surface area contributed by atoms with E-state index >= 15 is 0 Å². The number of hydrogen-bond acceptors (Lipinski definition) is 5. The number of benzene rings is 3. The summed E-state index contributed by atoms with van der Waals surface area (Å²) < 4.78 is 12.0. The van der Waals surface area contributed by atoms with Gasteiger partial charge in [0.15, 0.2) is 5.43 Å². The molecule has 1 atom stereocenters. The van der Waals surface area contributed by atoms with Crippen LogP contribution in [0.1, 0.15) is 44.4 Å². The predicted molar refractivity (Wildman–Crippen MR) is 146 cm³/mol. The fraction of sp³-hybridized carbons (Fsp3) is 0.267. The Bertz CT molecular complexity index is 1540. The van der Waals surface area contributed by atoms with E-state index in [4.69, 9.17) is 20.8 Å². The van der Waals surface area contributed by atoms with E-state index in [1.54, 1.807) is 4.90 Å². The van der Waals surface area contributed by atoms with E-state index in [1.165, 1.54) is 0 Å². The van der Waals surface area contributed by atoms with Crippen molar-refractivity contribution in [1.82, 2.24) is 9.80 Å². The summed E-state index contributed by atoms with van der Waals surface area (Å²) in [7, 11) is 3.91. The largest absolute Gasteiger partial charge is 0.489 e. The Labute approximate surface area is 221 Å². The van der Waals surface area contributed by atoms with Crippen LogP contribution in [0.15, 0.2) is 69.9 Å². The van der Waals surface area contributed by atoms with Gasteiger partial charge in [-0.05, 0) is 75.0 Å². The molecule has 0 saturated carbocycles. The summed E-state index contributed by atoms with van der Waals surface area (Å²) in [6.45, 7) is 5.38. The third-order valence-corrected chi connectivity index (χ3v) is 7.29. The van der Waals surface area contributed by atoms with Crippen molar-refractivity contribution in [3.63, 3.8) is 0 Å². The molecule has 0 radical (unpaired) electrons. The molecule has 7 heteroatoms. The number of likely N-dealkylation sites (N-methyl/N-ethyl adjacent to an activating group) is 1. The number of carbonyl (C=O) groups is 1. The predicted octanol–water partition coefficient (Wildman–Crippen LogP) is 5.75. The molecule has 190 valence electrons. The number of aryl methyl sites for hydroxylation is 2. The lowest BCUT2D eigenvalue weighted by molar-refractivity contribution is 0.0716. The first-order valence-electron chi connectivity index (χ1n) is 12.2. The van der Waals surface area contributed by atoms with E-state index in [0.29, 0.717) is 47.0 Å². The molecule has 1 aromatic heterocycles. The summed E-state index contributed by atoms with van der Waals surface area (Å²) in [4.78, 5) is 31.0. The number of ether oxygens (including phenoxy) is 1. The quantitative estimate of drug-likeness (QED) is 0.313. The van der Waals surface area contributed by atoms with Gasteiger partial charge in [0.25, 0.3) is 5.91 Å². The van der Waals surface area contributed by atoms with Gasteiger partial charge in [0, 0.05) is 23.7 Å². The molecule has 0 fully saturated rings. The molecule has 4 aromatic rings. The lowest BCUT2D eigenvalue weighted by Gasteiger charge is -2.26. The lowest BCUT2D eigenvalue weighted by atomic mass is 9.97. The van der Waals surface area contributed by atoms with Crippen molar-refractivity contribution in [2.24, 2.45) is 0 Å². The highest BCUT2D eigenvalue weighted by Gasteiger charge is 2.42. The van der Waals surface area contributed by atoms with Crippen molar-refractivity contribution in [3.05, 3.63) is 109 Å². The third-order valence-electron chi connectivity index (χ3n) is 6.92. The van der Waals surface area contributed by atoms with Gasteiger partial charge >= 0.3 is 0 Å². The molecular weight excluding hydrogens is 488 g/mol. The molecule has 2 heterocycles. The van der Waals surface area contributed by atoms with E-state index < -0.39 is 6.04 Å². The van der Waals surface area contributed by atoms with E-state index in [2.05, 4.69) is 0 Å². The van der Waals surface area contributed by atoms with Crippen molar-refractivity contribution in [3.8, 4) is 5.75 Å². The molecular formula is C30H29ClN2O4. The molecule has 37 heavy (non-hydrogen) atoms. The average molecular weight is 517 g/mol. The molecule has 0 bridgehead atoms. The molecule has 1 aliphatic heterocycles. The second kappa shape index (κ2) is 10.0. The fourth-order valence-corrected chi connectivity index (χ4v) is 4.87. The van der Waals surface area contributed by atoms with Gasteiger partial charge in [-0.2, -0.15) is 0 Å². The van der Waals surface area contributed by atoms with Crippen molar-refractivity contribution in [2.75, 3.05) is 27.2 Å². The van der Waals surface area contributed by atoms with E-state index in [0.717, 1.165) is 22.3 Å². The highest BCUT2D eigenvalue weighted by atomic mass is 35.5. The van der Waals surface area contributed by atoms with Gasteiger partial charge in [-0.1, -0.05) is 41.9 Å². The second-order valence-corrected chi connectivity index (χ2v) is 10.2. The third kappa shape index (κ3) is 4.75. The zero-order chi connectivity index (χ0) is 26.3. The maximum atomic E-state index is 13.8. The highest BCUT2D eigenvalue weighted by molar-refractivity contribution is 6.31. The summed E-state index contributed by atoms with van der Waals surface area (Å²) in [5.74, 6) is 0.534. The molecule has 1 aliphatic rings. The standard InChI is InChI=1S/C30H29ClN2O4/c1-18-15-23-25(16-19(18)2)37-29-26(28(23)34)27(33(30(29)35)14-13-32(3)4)20-9-11-22(12-10-20)36-17-21-7-5-6-8-24(21)31/h5-12,15-16,27H,13-14,17H2,1-4H3. The first-order valence-corrected chi connectivity index (χ1v) is 12.6. The Balaban J connectivity index is 1.53. The summed E-state index contributed by atoms with van der Waals surface area (Å²) in [6.07, 6.45) is 0. The molecule has 0 spiro atoms. The number of amides is 1. The van der Waals surface area contributed by atoms with E-state index in [9.17, 15) is 9.59 Å². The molecule has 1 unspecified atom stereocenters. The average Bonchev–Trinajstić information content (AvgIpc) is 3.15. The van der Waals surface area contributed by atoms with Crippen molar-refractivity contribution in [2.45, 2.75) is 26.5 Å². The van der Waals surface area contributed by atoms with Crippen LogP contribution in [-0.4, -0.2) is 42.9 Å². The zero-order valence-corrected chi connectivity index (χ0v) is 22.1. The van der Waals surface area contributed by atoms with Gasteiger partial charge in [0.2, 0.25) is 5.76 Å². The normalized spacial score (nSPS) is 15.0. The van der Waals surface area contributed by atoms with Crippen LogP contribution in [0.5, 0.6) is 5.75 Å². The van der Waals surface area contributed by atoms with Crippen LogP contribution >= 0.6 is 11.6 Å². The molecule has 6 nitrogen and oxygen atoms in total. The van der Waals surface area contributed by atoms with Crippen LogP contribution in [0.3, 0.4) is 0 Å².